The van der Waals surface area contributed by atoms with Gasteiger partial charge in [-0.15, -0.1) is 0 Å². The van der Waals surface area contributed by atoms with Crippen molar-refractivity contribution in [1.29, 1.82) is 0 Å². The van der Waals surface area contributed by atoms with Crippen LogP contribution in [0, 0.1) is 0 Å². The van der Waals surface area contributed by atoms with Gasteiger partial charge in [0.1, 0.15) is 11.9 Å². The summed E-state index contributed by atoms with van der Waals surface area (Å²) in [6, 6.07) is 5.57. The van der Waals surface area contributed by atoms with E-state index in [-0.39, 0.29) is 12.1 Å². The van der Waals surface area contributed by atoms with Crippen molar-refractivity contribution in [2.24, 2.45) is 5.73 Å². The maximum atomic E-state index is 6.19. The van der Waals surface area contributed by atoms with Crippen LogP contribution < -0.4 is 10.5 Å². The van der Waals surface area contributed by atoms with Crippen LogP contribution in [0.25, 0.3) is 0 Å². The molecule has 0 spiro atoms. The van der Waals surface area contributed by atoms with Gasteiger partial charge in [0.15, 0.2) is 0 Å². The van der Waals surface area contributed by atoms with Crippen molar-refractivity contribution in [3.63, 3.8) is 0 Å². The predicted molar refractivity (Wildman–Crippen MR) is 63.9 cm³/mol. The Morgan fingerprint density at radius 2 is 2.31 bits per heavy atom. The van der Waals surface area contributed by atoms with Crippen molar-refractivity contribution in [2.45, 2.75) is 25.0 Å². The van der Waals surface area contributed by atoms with Crippen molar-refractivity contribution in [3.8, 4) is 5.75 Å². The molecule has 3 nitrogen and oxygen atoms in total. The Labute approximate surface area is 100 Å². The lowest BCUT2D eigenvalue weighted by molar-refractivity contribution is -0.00106. The highest BCUT2D eigenvalue weighted by Crippen LogP contribution is 2.37. The van der Waals surface area contributed by atoms with Gasteiger partial charge >= 0.3 is 0 Å². The lowest BCUT2D eigenvalue weighted by atomic mass is 9.96. The van der Waals surface area contributed by atoms with Gasteiger partial charge in [-0.3, -0.25) is 0 Å². The Kier molecular flexibility index (Phi) is 3.69. The van der Waals surface area contributed by atoms with Gasteiger partial charge in [-0.05, 0) is 25.0 Å². The van der Waals surface area contributed by atoms with E-state index in [0.717, 1.165) is 30.8 Å². The number of benzene rings is 1. The fraction of sp³-hybridized carbons (Fsp3) is 0.500. The first kappa shape index (κ1) is 11.7. The Hall–Kier alpha value is -0.770. The SMILES string of the molecule is COc1cccc(Cl)c1C1OCCCC1N. The highest BCUT2D eigenvalue weighted by molar-refractivity contribution is 6.31. The summed E-state index contributed by atoms with van der Waals surface area (Å²) in [4.78, 5) is 0. The summed E-state index contributed by atoms with van der Waals surface area (Å²) < 4.78 is 11.0. The molecule has 0 radical (unpaired) electrons. The minimum atomic E-state index is -0.155. The first-order chi connectivity index (χ1) is 7.74. The molecule has 1 aliphatic rings. The van der Waals surface area contributed by atoms with Gasteiger partial charge in [-0.1, -0.05) is 17.7 Å². The lowest BCUT2D eigenvalue weighted by Gasteiger charge is -2.30. The van der Waals surface area contributed by atoms with Crippen LogP contribution in [-0.4, -0.2) is 19.8 Å². The topological polar surface area (TPSA) is 44.5 Å². The smallest absolute Gasteiger partial charge is 0.126 e. The Morgan fingerprint density at radius 3 is 3.00 bits per heavy atom. The Morgan fingerprint density at radius 1 is 1.50 bits per heavy atom. The number of rotatable bonds is 2. The van der Waals surface area contributed by atoms with E-state index < -0.39 is 0 Å². The Balaban J connectivity index is 2.37. The molecule has 2 unspecified atom stereocenters. The molecule has 0 amide bonds. The summed E-state index contributed by atoms with van der Waals surface area (Å²) in [6.07, 6.45) is 1.81. The fourth-order valence-corrected chi connectivity index (χ4v) is 2.35. The first-order valence-corrected chi connectivity index (χ1v) is 5.81. The average Bonchev–Trinajstić information content (AvgIpc) is 2.30. The molecule has 1 fully saturated rings. The minimum Gasteiger partial charge on any atom is -0.496 e. The van der Waals surface area contributed by atoms with E-state index in [2.05, 4.69) is 0 Å². The molecule has 0 aromatic heterocycles. The highest BCUT2D eigenvalue weighted by atomic mass is 35.5. The van der Waals surface area contributed by atoms with Gasteiger partial charge in [0.05, 0.1) is 12.1 Å². The molecule has 88 valence electrons. The van der Waals surface area contributed by atoms with Gasteiger partial charge in [0.25, 0.3) is 0 Å². The zero-order valence-electron chi connectivity index (χ0n) is 9.28. The maximum absolute atomic E-state index is 6.19. The van der Waals surface area contributed by atoms with E-state index in [1.807, 2.05) is 18.2 Å². The van der Waals surface area contributed by atoms with E-state index in [9.17, 15) is 0 Å². The molecule has 0 aliphatic carbocycles. The van der Waals surface area contributed by atoms with Crippen molar-refractivity contribution < 1.29 is 9.47 Å². The molecule has 0 bridgehead atoms. The first-order valence-electron chi connectivity index (χ1n) is 5.43. The van der Waals surface area contributed by atoms with Gasteiger partial charge in [0, 0.05) is 18.2 Å². The molecule has 2 N–H and O–H groups in total. The molecule has 2 atom stereocenters. The van der Waals surface area contributed by atoms with Gasteiger partial charge in [-0.25, -0.2) is 0 Å². The largest absolute Gasteiger partial charge is 0.496 e. The van der Waals surface area contributed by atoms with E-state index in [1.165, 1.54) is 0 Å². The van der Waals surface area contributed by atoms with E-state index >= 15 is 0 Å². The third kappa shape index (κ3) is 2.17. The van der Waals surface area contributed by atoms with Crippen LogP contribution in [0.4, 0.5) is 0 Å². The molecule has 1 saturated heterocycles. The van der Waals surface area contributed by atoms with Crippen LogP contribution in [0.2, 0.25) is 5.02 Å². The number of ether oxygens (including phenoxy) is 2. The van der Waals surface area contributed by atoms with Gasteiger partial charge < -0.3 is 15.2 Å². The summed E-state index contributed by atoms with van der Waals surface area (Å²) >= 11 is 6.19. The van der Waals surface area contributed by atoms with Gasteiger partial charge in [0.2, 0.25) is 0 Å². The molecule has 1 heterocycles. The van der Waals surface area contributed by atoms with Crippen molar-refractivity contribution in [3.05, 3.63) is 28.8 Å². The number of methoxy groups -OCH3 is 1. The van der Waals surface area contributed by atoms with Crippen molar-refractivity contribution >= 4 is 11.6 Å². The molecular weight excluding hydrogens is 226 g/mol. The minimum absolute atomic E-state index is 0.0115. The molecule has 16 heavy (non-hydrogen) atoms. The maximum Gasteiger partial charge on any atom is 0.126 e. The lowest BCUT2D eigenvalue weighted by Crippen LogP contribution is -2.34. The monoisotopic (exact) mass is 241 g/mol. The standard InChI is InChI=1S/C12H16ClNO2/c1-15-10-6-2-4-8(13)11(10)12-9(14)5-3-7-16-12/h2,4,6,9,12H,3,5,7,14H2,1H3. The Bertz CT molecular complexity index is 370. The van der Waals surface area contributed by atoms with Crippen molar-refractivity contribution in [2.75, 3.05) is 13.7 Å². The molecule has 1 aromatic carbocycles. The van der Waals surface area contributed by atoms with Crippen LogP contribution in [0.1, 0.15) is 24.5 Å². The summed E-state index contributed by atoms with van der Waals surface area (Å²) in [5, 5.41) is 0.654. The molecule has 1 aliphatic heterocycles. The normalized spacial score (nSPS) is 25.4. The summed E-state index contributed by atoms with van der Waals surface area (Å²) in [7, 11) is 1.63. The average molecular weight is 242 g/mol. The number of halogens is 1. The molecule has 2 rings (SSSR count). The summed E-state index contributed by atoms with van der Waals surface area (Å²) in [5.41, 5.74) is 6.94. The summed E-state index contributed by atoms with van der Waals surface area (Å²) in [6.45, 7) is 0.729. The van der Waals surface area contributed by atoms with Crippen LogP contribution >= 0.6 is 11.6 Å². The van der Waals surface area contributed by atoms with Gasteiger partial charge in [-0.2, -0.15) is 0 Å². The fourth-order valence-electron chi connectivity index (χ4n) is 2.07. The zero-order chi connectivity index (χ0) is 11.5. The second-order valence-corrected chi connectivity index (χ2v) is 4.36. The second-order valence-electron chi connectivity index (χ2n) is 3.95. The van der Waals surface area contributed by atoms with Crippen LogP contribution in [0.15, 0.2) is 18.2 Å². The van der Waals surface area contributed by atoms with E-state index in [1.54, 1.807) is 7.11 Å². The van der Waals surface area contributed by atoms with Crippen LogP contribution in [0.5, 0.6) is 5.75 Å². The van der Waals surface area contributed by atoms with E-state index in [0.29, 0.717) is 5.02 Å². The number of nitrogens with two attached hydrogens (primary N) is 1. The highest BCUT2D eigenvalue weighted by Gasteiger charge is 2.28. The van der Waals surface area contributed by atoms with Crippen LogP contribution in [0.3, 0.4) is 0 Å². The molecular formula is C12H16ClNO2. The number of hydrogen-bond acceptors (Lipinski definition) is 3. The number of hydrogen-bond donors (Lipinski definition) is 1. The third-order valence-corrected chi connectivity index (χ3v) is 3.22. The molecule has 1 aromatic rings. The van der Waals surface area contributed by atoms with E-state index in [4.69, 9.17) is 26.8 Å². The zero-order valence-corrected chi connectivity index (χ0v) is 10.0. The quantitative estimate of drug-likeness (QED) is 0.866. The predicted octanol–water partition coefficient (Wildman–Crippen LogP) is 2.53. The van der Waals surface area contributed by atoms with Crippen molar-refractivity contribution in [1.82, 2.24) is 0 Å². The van der Waals surface area contributed by atoms with Crippen LogP contribution in [-0.2, 0) is 4.74 Å². The summed E-state index contributed by atoms with van der Waals surface area (Å²) in [5.74, 6) is 0.745. The molecule has 4 heteroatoms. The third-order valence-electron chi connectivity index (χ3n) is 2.89. The molecule has 0 saturated carbocycles. The second kappa shape index (κ2) is 5.04.